The molecule has 2 fully saturated rings. The van der Waals surface area contributed by atoms with Crippen molar-refractivity contribution in [1.29, 1.82) is 0 Å². The zero-order valence-electron chi connectivity index (χ0n) is 22.8. The summed E-state index contributed by atoms with van der Waals surface area (Å²) in [6, 6.07) is 3.31. The van der Waals surface area contributed by atoms with Crippen LogP contribution in [0.3, 0.4) is 0 Å². The second kappa shape index (κ2) is 14.2. The number of nitrogens with two attached hydrogens (primary N) is 1. The van der Waals surface area contributed by atoms with Crippen molar-refractivity contribution in [3.8, 4) is 5.75 Å². The summed E-state index contributed by atoms with van der Waals surface area (Å²) in [6.07, 6.45) is 2.37. The Morgan fingerprint density at radius 2 is 1.60 bits per heavy atom. The molecule has 0 aliphatic carbocycles. The van der Waals surface area contributed by atoms with E-state index in [9.17, 15) is 18.4 Å². The Bertz CT molecular complexity index is 792. The molecule has 3 atom stereocenters. The molecule has 7 nitrogen and oxygen atoms in total. The number of benzene rings is 1. The van der Waals surface area contributed by atoms with Crippen LogP contribution in [-0.4, -0.2) is 64.2 Å². The maximum Gasteiger partial charge on any atom is 0.410 e. The molecule has 2 aliphatic rings. The number of halogens is 2. The van der Waals surface area contributed by atoms with Gasteiger partial charge in [-0.05, 0) is 58.1 Å². The Kier molecular flexibility index (Phi) is 13.2. The number of rotatable bonds is 1. The van der Waals surface area contributed by atoms with Crippen molar-refractivity contribution in [3.05, 3.63) is 29.8 Å². The molecule has 0 aromatic heterocycles. The molecule has 0 spiro atoms. The largest absolute Gasteiger partial charge is 0.508 e. The molecule has 2 heterocycles. The number of nitrogens with zero attached hydrogens (tertiary/aromatic N) is 2. The van der Waals surface area contributed by atoms with Crippen LogP contribution < -0.4 is 5.73 Å². The molecular weight excluding hydrogens is 456 g/mol. The van der Waals surface area contributed by atoms with E-state index in [2.05, 4.69) is 20.8 Å². The van der Waals surface area contributed by atoms with Crippen LogP contribution >= 0.6 is 0 Å². The third-order valence-corrected chi connectivity index (χ3v) is 5.65. The number of ether oxygens (including phenoxy) is 1. The first-order valence-corrected chi connectivity index (χ1v) is 12.2. The van der Waals surface area contributed by atoms with Gasteiger partial charge >= 0.3 is 6.09 Å². The summed E-state index contributed by atoms with van der Waals surface area (Å²) < 4.78 is 29.4. The SMILES string of the molecule is CC.CC(C)(C)OC(=O)N1CC[C@@H]2[C@H]1CCN2C=O.CC(N)C(C)(C)C.Oc1ccc(F)c(F)c1. The van der Waals surface area contributed by atoms with Gasteiger partial charge in [-0.25, -0.2) is 13.6 Å². The van der Waals surface area contributed by atoms with Gasteiger partial charge in [0.1, 0.15) is 11.4 Å². The number of aromatic hydroxyl groups is 1. The lowest BCUT2D eigenvalue weighted by Crippen LogP contribution is -2.42. The number of carbonyl (C=O) groups excluding carboxylic acids is 2. The smallest absolute Gasteiger partial charge is 0.410 e. The van der Waals surface area contributed by atoms with Gasteiger partial charge in [0.2, 0.25) is 6.41 Å². The first-order valence-electron chi connectivity index (χ1n) is 12.2. The first-order chi connectivity index (χ1) is 16.1. The van der Waals surface area contributed by atoms with Crippen LogP contribution in [0, 0.1) is 17.0 Å². The minimum Gasteiger partial charge on any atom is -0.508 e. The molecule has 0 radical (unpaired) electrons. The van der Waals surface area contributed by atoms with Crippen molar-refractivity contribution in [2.45, 2.75) is 98.9 Å². The van der Waals surface area contributed by atoms with Gasteiger partial charge in [0.25, 0.3) is 0 Å². The molecule has 35 heavy (non-hydrogen) atoms. The van der Waals surface area contributed by atoms with Crippen molar-refractivity contribution >= 4 is 12.5 Å². The molecular formula is C26H45F2N3O4. The lowest BCUT2D eigenvalue weighted by molar-refractivity contribution is -0.118. The standard InChI is InChI=1S/C12H20N2O3.C6H4F2O.C6H15N.C2H6/c1-12(2,3)17-11(16)14-7-5-9-10(14)4-6-13(9)8-15;7-5-2-1-4(9)3-6(5)8;1-5(7)6(2,3)4;1-2/h8-10H,4-7H2,1-3H3;1-3,9H;5H,7H2,1-4H3;1-2H3/t9-,10-;;;/m1.../s1. The van der Waals surface area contributed by atoms with Gasteiger partial charge in [-0.3, -0.25) is 4.79 Å². The van der Waals surface area contributed by atoms with E-state index in [0.717, 1.165) is 44.0 Å². The summed E-state index contributed by atoms with van der Waals surface area (Å²) in [5, 5.41) is 8.53. The normalized spacial score (nSPS) is 19.7. The van der Waals surface area contributed by atoms with Crippen LogP contribution in [0.2, 0.25) is 0 Å². The van der Waals surface area contributed by atoms with Crippen LogP contribution in [0.1, 0.15) is 75.2 Å². The minimum absolute atomic E-state index is 0.148. The summed E-state index contributed by atoms with van der Waals surface area (Å²) in [4.78, 5) is 26.4. The fraction of sp³-hybridized carbons (Fsp3) is 0.692. The van der Waals surface area contributed by atoms with E-state index in [1.54, 1.807) is 9.80 Å². The average molecular weight is 502 g/mol. The third-order valence-electron chi connectivity index (χ3n) is 5.65. The number of likely N-dealkylation sites (tertiary alicyclic amines) is 2. The second-order valence-electron chi connectivity index (χ2n) is 10.5. The molecule has 3 rings (SSSR count). The summed E-state index contributed by atoms with van der Waals surface area (Å²) >= 11 is 0. The zero-order chi connectivity index (χ0) is 27.6. The number of hydrogen-bond donors (Lipinski definition) is 2. The summed E-state index contributed by atoms with van der Waals surface area (Å²) in [6.45, 7) is 19.5. The Morgan fingerprint density at radius 1 is 1.09 bits per heavy atom. The molecule has 2 aliphatic heterocycles. The number of carbonyl (C=O) groups is 2. The van der Waals surface area contributed by atoms with E-state index < -0.39 is 17.2 Å². The van der Waals surface area contributed by atoms with Crippen LogP contribution in [0.15, 0.2) is 18.2 Å². The number of hydrogen-bond acceptors (Lipinski definition) is 5. The Balaban J connectivity index is 0.000000541. The molecule has 2 amide bonds. The summed E-state index contributed by atoms with van der Waals surface area (Å²) in [7, 11) is 0. The molecule has 0 bridgehead atoms. The van der Waals surface area contributed by atoms with E-state index in [0.29, 0.717) is 12.6 Å². The van der Waals surface area contributed by atoms with Gasteiger partial charge in [0.05, 0.1) is 12.1 Å². The monoisotopic (exact) mass is 501 g/mol. The molecule has 0 saturated carbocycles. The predicted octanol–water partition coefficient (Wildman–Crippen LogP) is 5.30. The molecule has 1 unspecified atom stereocenters. The van der Waals surface area contributed by atoms with Crippen molar-refractivity contribution in [2.75, 3.05) is 13.1 Å². The molecule has 1 aromatic carbocycles. The number of amides is 2. The fourth-order valence-corrected chi connectivity index (χ4v) is 3.18. The molecule has 9 heteroatoms. The van der Waals surface area contributed by atoms with E-state index >= 15 is 0 Å². The highest BCUT2D eigenvalue weighted by molar-refractivity contribution is 5.69. The minimum atomic E-state index is -1.03. The average Bonchev–Trinajstić information content (AvgIpc) is 3.33. The highest BCUT2D eigenvalue weighted by Crippen LogP contribution is 2.31. The molecule has 2 saturated heterocycles. The maximum atomic E-state index is 12.0. The third kappa shape index (κ3) is 11.2. The van der Waals surface area contributed by atoms with Gasteiger partial charge in [-0.2, -0.15) is 0 Å². The quantitative estimate of drug-likeness (QED) is 0.509. The van der Waals surface area contributed by atoms with Crippen molar-refractivity contribution in [1.82, 2.24) is 9.80 Å². The predicted molar refractivity (Wildman–Crippen MR) is 135 cm³/mol. The van der Waals surface area contributed by atoms with Crippen molar-refractivity contribution in [3.63, 3.8) is 0 Å². The molecule has 3 N–H and O–H groups in total. The highest BCUT2D eigenvalue weighted by atomic mass is 19.2. The highest BCUT2D eigenvalue weighted by Gasteiger charge is 2.45. The van der Waals surface area contributed by atoms with Crippen molar-refractivity contribution in [2.24, 2.45) is 11.1 Å². The second-order valence-corrected chi connectivity index (χ2v) is 10.5. The molecule has 202 valence electrons. The van der Waals surface area contributed by atoms with Crippen molar-refractivity contribution < 1.29 is 28.2 Å². The zero-order valence-corrected chi connectivity index (χ0v) is 22.8. The van der Waals surface area contributed by atoms with E-state index in [-0.39, 0.29) is 29.3 Å². The molecule has 1 aromatic rings. The first kappa shape index (κ1) is 32.6. The van der Waals surface area contributed by atoms with Gasteiger partial charge < -0.3 is 25.4 Å². The topological polar surface area (TPSA) is 96.1 Å². The van der Waals surface area contributed by atoms with Crippen LogP contribution in [-0.2, 0) is 9.53 Å². The Labute approximate surface area is 209 Å². The van der Waals surface area contributed by atoms with Crippen LogP contribution in [0.5, 0.6) is 5.75 Å². The van der Waals surface area contributed by atoms with Crippen LogP contribution in [0.25, 0.3) is 0 Å². The van der Waals surface area contributed by atoms with E-state index in [1.807, 2.05) is 41.5 Å². The van der Waals surface area contributed by atoms with E-state index in [4.69, 9.17) is 15.6 Å². The van der Waals surface area contributed by atoms with Gasteiger partial charge in [-0.15, -0.1) is 0 Å². The van der Waals surface area contributed by atoms with Gasteiger partial charge in [0.15, 0.2) is 11.6 Å². The van der Waals surface area contributed by atoms with Gasteiger partial charge in [0, 0.05) is 25.2 Å². The summed E-state index contributed by atoms with van der Waals surface area (Å²) in [5.74, 6) is -2.25. The lowest BCUT2D eigenvalue weighted by Gasteiger charge is -2.28. The van der Waals surface area contributed by atoms with Gasteiger partial charge in [-0.1, -0.05) is 34.6 Å². The Morgan fingerprint density at radius 3 is 2.00 bits per heavy atom. The van der Waals surface area contributed by atoms with Crippen LogP contribution in [0.4, 0.5) is 13.6 Å². The van der Waals surface area contributed by atoms with E-state index in [1.165, 1.54) is 0 Å². The Hall–Kier alpha value is -2.42. The lowest BCUT2D eigenvalue weighted by atomic mass is 9.89. The number of phenolic OH excluding ortho intramolecular Hbond substituents is 1. The number of phenols is 1. The number of fused-ring (bicyclic) bond motifs is 1. The fourth-order valence-electron chi connectivity index (χ4n) is 3.18. The summed E-state index contributed by atoms with van der Waals surface area (Å²) in [5.41, 5.74) is 5.39. The maximum absolute atomic E-state index is 12.0.